The second kappa shape index (κ2) is 6.32. The van der Waals surface area contributed by atoms with Gasteiger partial charge in [-0.1, -0.05) is 24.3 Å². The summed E-state index contributed by atoms with van der Waals surface area (Å²) in [4.78, 5) is 23.9. The molecule has 5 rings (SSSR count). The van der Waals surface area contributed by atoms with E-state index in [9.17, 15) is 4.79 Å². The zero-order valence-electron chi connectivity index (χ0n) is 14.6. The molecule has 6 nitrogen and oxygen atoms in total. The van der Waals surface area contributed by atoms with Gasteiger partial charge >= 0.3 is 0 Å². The van der Waals surface area contributed by atoms with Gasteiger partial charge in [-0.3, -0.25) is 19.9 Å². The zero-order chi connectivity index (χ0) is 18.2. The molecule has 0 fully saturated rings. The van der Waals surface area contributed by atoms with Crippen LogP contribution in [0.3, 0.4) is 0 Å². The average Bonchev–Trinajstić information content (AvgIpc) is 3.35. The topological polar surface area (TPSA) is 74.8 Å². The molecular weight excluding hydrogens is 338 g/mol. The number of hydrogen-bond donors (Lipinski definition) is 1. The number of carbonyl (C=O) groups excluding carboxylic acids is 1. The maximum atomic E-state index is 13.0. The fourth-order valence-electron chi connectivity index (χ4n) is 3.59. The van der Waals surface area contributed by atoms with E-state index >= 15 is 0 Å². The molecule has 1 N–H and O–H groups in total. The Morgan fingerprint density at radius 3 is 2.93 bits per heavy atom. The van der Waals surface area contributed by atoms with Crippen molar-refractivity contribution in [2.75, 3.05) is 6.54 Å². The minimum Gasteiger partial charge on any atom is -0.332 e. The highest BCUT2D eigenvalue weighted by Gasteiger charge is 2.31. The second-order valence-corrected chi connectivity index (χ2v) is 6.64. The van der Waals surface area contributed by atoms with Crippen molar-refractivity contribution in [2.24, 2.45) is 0 Å². The van der Waals surface area contributed by atoms with E-state index in [4.69, 9.17) is 4.98 Å². The molecule has 3 aromatic heterocycles. The normalized spacial score (nSPS) is 13.3. The van der Waals surface area contributed by atoms with E-state index in [2.05, 4.69) is 27.3 Å². The van der Waals surface area contributed by atoms with Crippen LogP contribution < -0.4 is 0 Å². The number of nitrogens with zero attached hydrogens (tertiary/aromatic N) is 4. The van der Waals surface area contributed by atoms with Gasteiger partial charge in [0.25, 0.3) is 5.91 Å². The maximum absolute atomic E-state index is 13.0. The van der Waals surface area contributed by atoms with Crippen LogP contribution in [-0.2, 0) is 13.0 Å². The molecular formula is C21H17N5O. The Morgan fingerprint density at radius 2 is 2.04 bits per heavy atom. The van der Waals surface area contributed by atoms with E-state index in [1.54, 1.807) is 18.6 Å². The summed E-state index contributed by atoms with van der Waals surface area (Å²) in [5.74, 6) is 0.0232. The summed E-state index contributed by atoms with van der Waals surface area (Å²) < 4.78 is 0. The fraction of sp³-hybridized carbons (Fsp3) is 0.143. The molecule has 27 heavy (non-hydrogen) atoms. The summed E-state index contributed by atoms with van der Waals surface area (Å²) in [5.41, 5.74) is 5.26. The Morgan fingerprint density at radius 1 is 1.11 bits per heavy atom. The molecule has 0 aliphatic carbocycles. The van der Waals surface area contributed by atoms with Gasteiger partial charge in [0.2, 0.25) is 0 Å². The van der Waals surface area contributed by atoms with Crippen LogP contribution in [-0.4, -0.2) is 37.5 Å². The van der Waals surface area contributed by atoms with Gasteiger partial charge in [-0.25, -0.2) is 0 Å². The lowest BCUT2D eigenvalue weighted by Gasteiger charge is -2.15. The Labute approximate surface area is 155 Å². The highest BCUT2D eigenvalue weighted by molar-refractivity contribution is 6.03. The average molecular weight is 355 g/mol. The number of aromatic nitrogens is 4. The summed E-state index contributed by atoms with van der Waals surface area (Å²) in [6.45, 7) is 1.15. The highest BCUT2D eigenvalue weighted by Crippen LogP contribution is 2.30. The van der Waals surface area contributed by atoms with Crippen molar-refractivity contribution >= 4 is 16.8 Å². The van der Waals surface area contributed by atoms with Crippen LogP contribution in [0.15, 0.2) is 61.1 Å². The summed E-state index contributed by atoms with van der Waals surface area (Å²) in [7, 11) is 0. The first-order valence-corrected chi connectivity index (χ1v) is 8.90. The van der Waals surface area contributed by atoms with Crippen molar-refractivity contribution in [3.8, 4) is 11.1 Å². The lowest BCUT2D eigenvalue weighted by Crippen LogP contribution is -2.26. The predicted octanol–water partition coefficient (Wildman–Crippen LogP) is 3.22. The molecule has 132 valence electrons. The Kier molecular flexibility index (Phi) is 3.67. The van der Waals surface area contributed by atoms with E-state index in [0.29, 0.717) is 25.1 Å². The number of hydrogen-bond acceptors (Lipinski definition) is 4. The molecule has 0 radical (unpaired) electrons. The van der Waals surface area contributed by atoms with Gasteiger partial charge in [0.05, 0.1) is 29.5 Å². The monoisotopic (exact) mass is 355 g/mol. The number of amides is 1. The molecule has 4 heterocycles. The van der Waals surface area contributed by atoms with E-state index < -0.39 is 0 Å². The van der Waals surface area contributed by atoms with E-state index in [0.717, 1.165) is 33.4 Å². The summed E-state index contributed by atoms with van der Waals surface area (Å²) in [6, 6.07) is 14.0. The van der Waals surface area contributed by atoms with Crippen LogP contribution in [0.4, 0.5) is 0 Å². The van der Waals surface area contributed by atoms with Crippen molar-refractivity contribution in [2.45, 2.75) is 13.0 Å². The molecule has 1 amide bonds. The van der Waals surface area contributed by atoms with Crippen LogP contribution in [0, 0.1) is 0 Å². The van der Waals surface area contributed by atoms with Gasteiger partial charge in [0.15, 0.2) is 0 Å². The smallest absolute Gasteiger partial charge is 0.256 e. The molecule has 0 spiro atoms. The van der Waals surface area contributed by atoms with E-state index in [-0.39, 0.29) is 5.91 Å². The number of para-hydroxylation sites is 1. The molecule has 0 saturated carbocycles. The Hall–Kier alpha value is -3.54. The van der Waals surface area contributed by atoms with Gasteiger partial charge in [-0.15, -0.1) is 0 Å². The quantitative estimate of drug-likeness (QED) is 0.610. The Bertz CT molecular complexity index is 1140. The number of aromatic amines is 1. The van der Waals surface area contributed by atoms with Crippen LogP contribution in [0.1, 0.15) is 21.7 Å². The minimum atomic E-state index is 0.0232. The third-order valence-electron chi connectivity index (χ3n) is 4.97. The summed E-state index contributed by atoms with van der Waals surface area (Å²) in [5, 5.41) is 7.92. The maximum Gasteiger partial charge on any atom is 0.256 e. The SMILES string of the molecule is O=C1c2c(-c3cn[nH]c3)ccnc2CN1CCc1ccc2ccccc2n1. The van der Waals surface area contributed by atoms with Crippen molar-refractivity contribution in [1.82, 2.24) is 25.1 Å². The van der Waals surface area contributed by atoms with Crippen molar-refractivity contribution in [1.29, 1.82) is 0 Å². The largest absolute Gasteiger partial charge is 0.332 e. The minimum absolute atomic E-state index is 0.0232. The van der Waals surface area contributed by atoms with Gasteiger partial charge in [-0.05, 0) is 18.2 Å². The number of pyridine rings is 2. The molecule has 1 aliphatic rings. The molecule has 0 unspecified atom stereocenters. The first kappa shape index (κ1) is 15.7. The van der Waals surface area contributed by atoms with Crippen molar-refractivity contribution in [3.63, 3.8) is 0 Å². The van der Waals surface area contributed by atoms with Crippen LogP contribution in [0.2, 0.25) is 0 Å². The van der Waals surface area contributed by atoms with Crippen LogP contribution in [0.5, 0.6) is 0 Å². The van der Waals surface area contributed by atoms with Gasteiger partial charge in [0.1, 0.15) is 0 Å². The standard InChI is InChI=1S/C21H17N5O/c27-21-20-17(15-11-23-24-12-15)7-9-22-19(20)13-26(21)10-8-16-6-5-14-3-1-2-4-18(14)25-16/h1-7,9,11-12H,8,10,13H2,(H,23,24). The number of rotatable bonds is 4. The number of benzene rings is 1. The molecule has 6 heteroatoms. The lowest BCUT2D eigenvalue weighted by molar-refractivity contribution is 0.0780. The molecule has 0 bridgehead atoms. The van der Waals surface area contributed by atoms with Gasteiger partial charge < -0.3 is 4.90 Å². The molecule has 0 atom stereocenters. The first-order valence-electron chi connectivity index (χ1n) is 8.90. The van der Waals surface area contributed by atoms with Gasteiger partial charge in [-0.2, -0.15) is 5.10 Å². The number of H-pyrrole nitrogens is 1. The predicted molar refractivity (Wildman–Crippen MR) is 102 cm³/mol. The lowest BCUT2D eigenvalue weighted by atomic mass is 10.0. The highest BCUT2D eigenvalue weighted by atomic mass is 16.2. The first-order chi connectivity index (χ1) is 13.3. The van der Waals surface area contributed by atoms with Crippen LogP contribution >= 0.6 is 0 Å². The molecule has 0 saturated heterocycles. The fourth-order valence-corrected chi connectivity index (χ4v) is 3.59. The third kappa shape index (κ3) is 2.75. The summed E-state index contributed by atoms with van der Waals surface area (Å²) in [6.07, 6.45) is 5.99. The van der Waals surface area contributed by atoms with Gasteiger partial charge in [0, 0.05) is 47.6 Å². The number of fused-ring (bicyclic) bond motifs is 2. The molecule has 1 aromatic carbocycles. The van der Waals surface area contributed by atoms with Crippen molar-refractivity contribution < 1.29 is 4.79 Å². The van der Waals surface area contributed by atoms with Crippen molar-refractivity contribution in [3.05, 3.63) is 78.0 Å². The number of carbonyl (C=O) groups is 1. The zero-order valence-corrected chi connectivity index (χ0v) is 14.6. The summed E-state index contributed by atoms with van der Waals surface area (Å²) >= 11 is 0. The Balaban J connectivity index is 1.37. The third-order valence-corrected chi connectivity index (χ3v) is 4.97. The molecule has 4 aromatic rings. The molecule has 1 aliphatic heterocycles. The van der Waals surface area contributed by atoms with E-state index in [1.807, 2.05) is 35.2 Å². The second-order valence-electron chi connectivity index (χ2n) is 6.64. The number of nitrogens with one attached hydrogen (secondary N) is 1. The van der Waals surface area contributed by atoms with E-state index in [1.165, 1.54) is 0 Å². The van der Waals surface area contributed by atoms with Crippen LogP contribution in [0.25, 0.3) is 22.0 Å².